The van der Waals surface area contributed by atoms with Gasteiger partial charge in [-0.3, -0.25) is 0 Å². The Kier molecular flexibility index (Phi) is 6.59. The lowest BCUT2D eigenvalue weighted by atomic mass is 10.0. The molecule has 0 radical (unpaired) electrons. The second-order valence-corrected chi connectivity index (χ2v) is 6.24. The van der Waals surface area contributed by atoms with Crippen LogP contribution in [0.15, 0.2) is 66.7 Å². The van der Waals surface area contributed by atoms with Gasteiger partial charge in [-0.2, -0.15) is 5.26 Å². The van der Waals surface area contributed by atoms with Crippen LogP contribution >= 0.6 is 0 Å². The summed E-state index contributed by atoms with van der Waals surface area (Å²) in [6.45, 7) is 2.48. The zero-order valence-corrected chi connectivity index (χ0v) is 15.9. The van der Waals surface area contributed by atoms with Gasteiger partial charge >= 0.3 is 0 Å². The molecule has 5 heteroatoms. The second-order valence-electron chi connectivity index (χ2n) is 6.24. The van der Waals surface area contributed by atoms with Gasteiger partial charge in [0, 0.05) is 0 Å². The first-order valence-electron chi connectivity index (χ1n) is 9.11. The number of nitriles is 1. The largest absolute Gasteiger partial charge is 0.490 e. The van der Waals surface area contributed by atoms with Crippen molar-refractivity contribution in [2.45, 2.75) is 13.5 Å². The minimum absolute atomic E-state index is 0.194. The van der Waals surface area contributed by atoms with Crippen molar-refractivity contribution in [3.05, 3.63) is 95.1 Å². The molecule has 0 fully saturated rings. The summed E-state index contributed by atoms with van der Waals surface area (Å²) in [5.41, 5.74) is 2.25. The number of rotatable bonds is 7. The van der Waals surface area contributed by atoms with Crippen LogP contribution in [0.25, 0.3) is 11.6 Å². The first-order chi connectivity index (χ1) is 14.1. The Bertz CT molecular complexity index is 1070. The monoisotopic (exact) mass is 391 g/mol. The maximum Gasteiger partial charge on any atom is 0.161 e. The van der Waals surface area contributed by atoms with E-state index in [1.54, 1.807) is 48.5 Å². The number of ether oxygens (including phenoxy) is 2. The van der Waals surface area contributed by atoms with Crippen LogP contribution < -0.4 is 9.47 Å². The van der Waals surface area contributed by atoms with Crippen LogP contribution in [0.1, 0.15) is 23.6 Å². The summed E-state index contributed by atoms with van der Waals surface area (Å²) in [7, 11) is 0. The Morgan fingerprint density at radius 1 is 0.931 bits per heavy atom. The van der Waals surface area contributed by atoms with Crippen molar-refractivity contribution in [1.82, 2.24) is 0 Å². The molecule has 0 heterocycles. The van der Waals surface area contributed by atoms with Gasteiger partial charge in [-0.1, -0.05) is 30.3 Å². The minimum atomic E-state index is -0.403. The van der Waals surface area contributed by atoms with Crippen LogP contribution in [-0.4, -0.2) is 6.61 Å². The van der Waals surface area contributed by atoms with Crippen molar-refractivity contribution >= 4 is 11.6 Å². The van der Waals surface area contributed by atoms with E-state index in [0.717, 1.165) is 0 Å². The molecule has 0 aromatic heterocycles. The molecule has 3 nitrogen and oxygen atoms in total. The molecular formula is C24H19F2NO2. The van der Waals surface area contributed by atoms with Crippen molar-refractivity contribution < 1.29 is 18.3 Å². The fraction of sp³-hybridized carbons (Fsp3) is 0.125. The van der Waals surface area contributed by atoms with Crippen LogP contribution in [0.5, 0.6) is 11.5 Å². The summed E-state index contributed by atoms with van der Waals surface area (Å²) in [4.78, 5) is 0. The number of hydrogen-bond donors (Lipinski definition) is 0. The first kappa shape index (κ1) is 20.1. The molecular weight excluding hydrogens is 372 g/mol. The lowest BCUT2D eigenvalue weighted by Gasteiger charge is -2.13. The predicted molar refractivity (Wildman–Crippen MR) is 108 cm³/mol. The zero-order valence-electron chi connectivity index (χ0n) is 15.9. The molecule has 3 aromatic rings. The molecule has 0 spiro atoms. The summed E-state index contributed by atoms with van der Waals surface area (Å²) in [5, 5.41) is 9.46. The first-order valence-corrected chi connectivity index (χ1v) is 9.11. The Morgan fingerprint density at radius 2 is 1.69 bits per heavy atom. The van der Waals surface area contributed by atoms with E-state index < -0.39 is 5.82 Å². The number of halogens is 2. The fourth-order valence-electron chi connectivity index (χ4n) is 2.79. The third-order valence-electron chi connectivity index (χ3n) is 4.12. The molecule has 0 bridgehead atoms. The standard InChI is InChI=1S/C24H19F2NO2/c1-2-28-24-13-17(11-20(15-27)19-6-4-8-22(26)14-19)9-10-23(24)29-16-18-5-3-7-21(25)12-18/h3-14H,2,16H2,1H3/b20-11-. The van der Waals surface area contributed by atoms with E-state index in [1.807, 2.05) is 6.92 Å². The normalized spacial score (nSPS) is 11.0. The third kappa shape index (κ3) is 5.43. The summed E-state index contributed by atoms with van der Waals surface area (Å²) in [6.07, 6.45) is 1.66. The summed E-state index contributed by atoms with van der Waals surface area (Å²) in [6, 6.07) is 19.4. The summed E-state index contributed by atoms with van der Waals surface area (Å²) < 4.78 is 38.3. The van der Waals surface area contributed by atoms with Crippen molar-refractivity contribution in [1.29, 1.82) is 5.26 Å². The maximum absolute atomic E-state index is 13.5. The van der Waals surface area contributed by atoms with E-state index in [0.29, 0.717) is 40.4 Å². The molecule has 29 heavy (non-hydrogen) atoms. The van der Waals surface area contributed by atoms with Crippen LogP contribution in [0.3, 0.4) is 0 Å². The van der Waals surface area contributed by atoms with E-state index in [2.05, 4.69) is 6.07 Å². The van der Waals surface area contributed by atoms with Gasteiger partial charge in [0.05, 0.1) is 18.2 Å². The van der Waals surface area contributed by atoms with E-state index in [-0.39, 0.29) is 12.4 Å². The number of allylic oxidation sites excluding steroid dienone is 1. The van der Waals surface area contributed by atoms with E-state index in [4.69, 9.17) is 9.47 Å². The average Bonchev–Trinajstić information content (AvgIpc) is 2.71. The van der Waals surface area contributed by atoms with Crippen molar-refractivity contribution in [3.8, 4) is 17.6 Å². The van der Waals surface area contributed by atoms with Gasteiger partial charge in [0.15, 0.2) is 11.5 Å². The van der Waals surface area contributed by atoms with Gasteiger partial charge < -0.3 is 9.47 Å². The minimum Gasteiger partial charge on any atom is -0.490 e. The fourth-order valence-corrected chi connectivity index (χ4v) is 2.79. The van der Waals surface area contributed by atoms with E-state index in [1.165, 1.54) is 24.3 Å². The lowest BCUT2D eigenvalue weighted by molar-refractivity contribution is 0.269. The zero-order chi connectivity index (χ0) is 20.6. The van der Waals surface area contributed by atoms with Gasteiger partial charge in [-0.05, 0) is 66.1 Å². The van der Waals surface area contributed by atoms with Crippen LogP contribution in [0.4, 0.5) is 8.78 Å². The predicted octanol–water partition coefficient (Wildman–Crippen LogP) is 6.01. The molecule has 0 aliphatic carbocycles. The van der Waals surface area contributed by atoms with Crippen LogP contribution in [0.2, 0.25) is 0 Å². The highest BCUT2D eigenvalue weighted by Crippen LogP contribution is 2.31. The van der Waals surface area contributed by atoms with Gasteiger partial charge in [0.25, 0.3) is 0 Å². The highest BCUT2D eigenvalue weighted by Gasteiger charge is 2.09. The number of nitrogens with zero attached hydrogens (tertiary/aromatic N) is 1. The van der Waals surface area contributed by atoms with Crippen molar-refractivity contribution in [2.75, 3.05) is 6.61 Å². The van der Waals surface area contributed by atoms with Crippen LogP contribution in [0, 0.1) is 23.0 Å². The van der Waals surface area contributed by atoms with Gasteiger partial charge in [-0.15, -0.1) is 0 Å². The Balaban J connectivity index is 1.85. The molecule has 146 valence electrons. The SMILES string of the molecule is CCOc1cc(/C=C(/C#N)c2cccc(F)c2)ccc1OCc1cccc(F)c1. The van der Waals surface area contributed by atoms with Gasteiger partial charge in [0.2, 0.25) is 0 Å². The number of hydrogen-bond acceptors (Lipinski definition) is 3. The molecule has 0 atom stereocenters. The molecule has 0 aliphatic heterocycles. The molecule has 0 saturated heterocycles. The molecule has 0 saturated carbocycles. The average molecular weight is 391 g/mol. The second kappa shape index (κ2) is 9.52. The number of benzene rings is 3. The third-order valence-corrected chi connectivity index (χ3v) is 4.12. The summed E-state index contributed by atoms with van der Waals surface area (Å²) >= 11 is 0. The van der Waals surface area contributed by atoms with Crippen molar-refractivity contribution in [3.63, 3.8) is 0 Å². The van der Waals surface area contributed by atoms with Crippen molar-refractivity contribution in [2.24, 2.45) is 0 Å². The van der Waals surface area contributed by atoms with Gasteiger partial charge in [-0.25, -0.2) is 8.78 Å². The van der Waals surface area contributed by atoms with E-state index in [9.17, 15) is 14.0 Å². The quantitative estimate of drug-likeness (QED) is 0.366. The highest BCUT2D eigenvalue weighted by atomic mass is 19.1. The Morgan fingerprint density at radius 3 is 2.38 bits per heavy atom. The molecule has 0 unspecified atom stereocenters. The molecule has 3 rings (SSSR count). The van der Waals surface area contributed by atoms with E-state index >= 15 is 0 Å². The van der Waals surface area contributed by atoms with Gasteiger partial charge in [0.1, 0.15) is 18.2 Å². The molecule has 0 amide bonds. The molecule has 3 aromatic carbocycles. The lowest BCUT2D eigenvalue weighted by Crippen LogP contribution is -2.00. The molecule has 0 aliphatic rings. The molecule has 0 N–H and O–H groups in total. The maximum atomic E-state index is 13.5. The topological polar surface area (TPSA) is 42.2 Å². The summed E-state index contributed by atoms with van der Waals surface area (Å²) in [5.74, 6) is 0.296. The Labute approximate surface area is 168 Å². The smallest absolute Gasteiger partial charge is 0.161 e. The highest BCUT2D eigenvalue weighted by molar-refractivity contribution is 5.89. The van der Waals surface area contributed by atoms with Crippen LogP contribution in [-0.2, 0) is 6.61 Å². The Hall–Kier alpha value is -3.65.